The Balaban J connectivity index is 1.65. The molecule has 7 heteroatoms. The fourth-order valence-electron chi connectivity index (χ4n) is 2.02. The zero-order valence-corrected chi connectivity index (χ0v) is 10.8. The molecule has 0 aromatic carbocycles. The van der Waals surface area contributed by atoms with Gasteiger partial charge in [0, 0.05) is 37.9 Å². The van der Waals surface area contributed by atoms with Crippen LogP contribution in [0.3, 0.4) is 0 Å². The summed E-state index contributed by atoms with van der Waals surface area (Å²) >= 11 is 0. The van der Waals surface area contributed by atoms with Gasteiger partial charge in [-0.15, -0.1) is 0 Å². The molecule has 1 aromatic heterocycles. The van der Waals surface area contributed by atoms with Crippen LogP contribution in [0, 0.1) is 11.8 Å². The summed E-state index contributed by atoms with van der Waals surface area (Å²) in [5.74, 6) is -1.13. The molecular formula is C12H18N4O3. The third-order valence-corrected chi connectivity index (χ3v) is 3.47. The van der Waals surface area contributed by atoms with E-state index >= 15 is 0 Å². The van der Waals surface area contributed by atoms with Crippen molar-refractivity contribution in [3.63, 3.8) is 0 Å². The van der Waals surface area contributed by atoms with Gasteiger partial charge in [-0.25, -0.2) is 4.79 Å². The number of hydrogen-bond donors (Lipinski definition) is 2. The van der Waals surface area contributed by atoms with E-state index in [2.05, 4.69) is 10.4 Å². The van der Waals surface area contributed by atoms with Crippen molar-refractivity contribution < 1.29 is 14.7 Å². The largest absolute Gasteiger partial charge is 0.481 e. The van der Waals surface area contributed by atoms with Crippen LogP contribution in [0.2, 0.25) is 0 Å². The highest BCUT2D eigenvalue weighted by molar-refractivity contribution is 5.76. The van der Waals surface area contributed by atoms with Crippen LogP contribution >= 0.6 is 0 Å². The summed E-state index contributed by atoms with van der Waals surface area (Å²) in [4.78, 5) is 24.1. The molecule has 7 nitrogen and oxygen atoms in total. The van der Waals surface area contributed by atoms with E-state index < -0.39 is 11.9 Å². The lowest BCUT2D eigenvalue weighted by atomic mass is 9.87. The highest BCUT2D eigenvalue weighted by Crippen LogP contribution is 2.23. The number of carboxylic acid groups (broad SMARTS) is 1. The fraction of sp³-hybridized carbons (Fsp3) is 0.583. The van der Waals surface area contributed by atoms with Gasteiger partial charge in [0.05, 0.1) is 12.5 Å². The minimum absolute atomic E-state index is 0.0642. The lowest BCUT2D eigenvalue weighted by Gasteiger charge is -2.41. The zero-order valence-electron chi connectivity index (χ0n) is 10.8. The van der Waals surface area contributed by atoms with Crippen LogP contribution in [0.5, 0.6) is 0 Å². The zero-order chi connectivity index (χ0) is 13.8. The first-order valence-corrected chi connectivity index (χ1v) is 6.31. The lowest BCUT2D eigenvalue weighted by molar-refractivity contribution is -0.144. The minimum atomic E-state index is -0.802. The van der Waals surface area contributed by atoms with Gasteiger partial charge in [0.25, 0.3) is 0 Å². The van der Waals surface area contributed by atoms with Crippen LogP contribution < -0.4 is 5.32 Å². The molecule has 104 valence electrons. The molecule has 1 unspecified atom stereocenters. The van der Waals surface area contributed by atoms with Crippen molar-refractivity contribution in [3.05, 3.63) is 18.5 Å². The third-order valence-electron chi connectivity index (χ3n) is 3.47. The predicted octanol–water partition coefficient (Wildman–Crippen LogP) is 0.245. The summed E-state index contributed by atoms with van der Waals surface area (Å²) in [6.45, 7) is 3.85. The summed E-state index contributed by atoms with van der Waals surface area (Å²) in [5.41, 5.74) is 0. The Morgan fingerprint density at radius 1 is 1.53 bits per heavy atom. The van der Waals surface area contributed by atoms with E-state index in [0.717, 1.165) is 0 Å². The summed E-state index contributed by atoms with van der Waals surface area (Å²) in [7, 11) is 0. The van der Waals surface area contributed by atoms with E-state index in [-0.39, 0.29) is 11.9 Å². The van der Waals surface area contributed by atoms with E-state index in [4.69, 9.17) is 5.11 Å². The Bertz CT molecular complexity index is 440. The molecule has 2 N–H and O–H groups in total. The van der Waals surface area contributed by atoms with Crippen molar-refractivity contribution >= 4 is 12.0 Å². The lowest BCUT2D eigenvalue weighted by Crippen LogP contribution is -2.56. The molecule has 0 spiro atoms. The average Bonchev–Trinajstić information content (AvgIpc) is 2.79. The molecule has 1 fully saturated rings. The van der Waals surface area contributed by atoms with Crippen molar-refractivity contribution in [3.8, 4) is 0 Å². The average molecular weight is 266 g/mol. The van der Waals surface area contributed by atoms with Crippen LogP contribution in [-0.2, 0) is 11.3 Å². The Labute approximate surface area is 111 Å². The molecule has 1 atom stereocenters. The third kappa shape index (κ3) is 3.24. The Morgan fingerprint density at radius 3 is 2.84 bits per heavy atom. The smallest absolute Gasteiger partial charge is 0.317 e. The van der Waals surface area contributed by atoms with E-state index in [9.17, 15) is 9.59 Å². The number of nitrogens with zero attached hydrogens (tertiary/aromatic N) is 3. The van der Waals surface area contributed by atoms with E-state index in [1.54, 1.807) is 22.7 Å². The number of aromatic nitrogens is 2. The summed E-state index contributed by atoms with van der Waals surface area (Å²) < 4.78 is 1.74. The maximum absolute atomic E-state index is 11.7. The number of carbonyl (C=O) groups is 2. The maximum Gasteiger partial charge on any atom is 0.317 e. The molecule has 0 radical (unpaired) electrons. The summed E-state index contributed by atoms with van der Waals surface area (Å²) in [6.07, 6.45) is 3.52. The number of urea groups is 1. The highest BCUT2D eigenvalue weighted by atomic mass is 16.4. The topological polar surface area (TPSA) is 87.5 Å². The van der Waals surface area contributed by atoms with Crippen LogP contribution in [0.25, 0.3) is 0 Å². The number of nitrogens with one attached hydrogen (secondary N) is 1. The molecule has 0 saturated carbocycles. The molecule has 1 aliphatic rings. The van der Waals surface area contributed by atoms with Gasteiger partial charge in [-0.3, -0.25) is 9.48 Å². The van der Waals surface area contributed by atoms with E-state index in [1.165, 1.54) is 0 Å². The monoisotopic (exact) mass is 266 g/mol. The summed E-state index contributed by atoms with van der Waals surface area (Å²) in [5, 5.41) is 15.7. The Hall–Kier alpha value is -2.05. The first-order valence-electron chi connectivity index (χ1n) is 6.31. The molecule has 19 heavy (non-hydrogen) atoms. The number of aliphatic carboxylic acids is 1. The second-order valence-corrected chi connectivity index (χ2v) is 4.79. The number of amides is 2. The molecule has 1 saturated heterocycles. The normalized spacial score (nSPS) is 16.8. The Morgan fingerprint density at radius 2 is 2.26 bits per heavy atom. The molecule has 2 rings (SSSR count). The van der Waals surface area contributed by atoms with Gasteiger partial charge >= 0.3 is 12.0 Å². The fourth-order valence-corrected chi connectivity index (χ4v) is 2.02. The highest BCUT2D eigenvalue weighted by Gasteiger charge is 2.36. The number of carboxylic acids is 1. The van der Waals surface area contributed by atoms with Crippen molar-refractivity contribution in [2.75, 3.05) is 19.6 Å². The molecule has 0 aliphatic carbocycles. The van der Waals surface area contributed by atoms with Crippen molar-refractivity contribution in [1.29, 1.82) is 0 Å². The first-order chi connectivity index (χ1) is 9.08. The van der Waals surface area contributed by atoms with Crippen LogP contribution in [0.4, 0.5) is 4.79 Å². The number of carbonyl (C=O) groups excluding carboxylic acids is 1. The second kappa shape index (κ2) is 5.73. The number of hydrogen-bond acceptors (Lipinski definition) is 3. The second-order valence-electron chi connectivity index (χ2n) is 4.79. The number of likely N-dealkylation sites (tertiary alicyclic amines) is 1. The van der Waals surface area contributed by atoms with E-state index in [0.29, 0.717) is 26.2 Å². The SMILES string of the molecule is CC(C(=O)O)C1CN(C(=O)NCCn2cccn2)C1. The standard InChI is InChI=1S/C12H18N4O3/c1-9(11(17)18)10-7-15(8-10)12(19)13-4-6-16-5-2-3-14-16/h2-3,5,9-10H,4,6-8H2,1H3,(H,13,19)(H,17,18). The van der Waals surface area contributed by atoms with Gasteiger partial charge in [0.1, 0.15) is 0 Å². The van der Waals surface area contributed by atoms with Crippen molar-refractivity contribution in [2.45, 2.75) is 13.5 Å². The quantitative estimate of drug-likeness (QED) is 0.799. The van der Waals surface area contributed by atoms with E-state index in [1.807, 2.05) is 12.3 Å². The molecule has 0 bridgehead atoms. The molecule has 2 heterocycles. The maximum atomic E-state index is 11.7. The van der Waals surface area contributed by atoms with Gasteiger partial charge in [0.15, 0.2) is 0 Å². The predicted molar refractivity (Wildman–Crippen MR) is 67.5 cm³/mol. The van der Waals surface area contributed by atoms with Crippen molar-refractivity contribution in [2.24, 2.45) is 11.8 Å². The van der Waals surface area contributed by atoms with Crippen molar-refractivity contribution in [1.82, 2.24) is 20.0 Å². The molecule has 2 amide bonds. The molecule has 1 aliphatic heterocycles. The van der Waals surface area contributed by atoms with Crippen LogP contribution in [0.1, 0.15) is 6.92 Å². The number of rotatable bonds is 5. The Kier molecular flexibility index (Phi) is 4.03. The van der Waals surface area contributed by atoms with Gasteiger partial charge in [-0.05, 0) is 6.07 Å². The minimum Gasteiger partial charge on any atom is -0.481 e. The molecule has 1 aromatic rings. The molecular weight excluding hydrogens is 248 g/mol. The van der Waals surface area contributed by atoms with Crippen LogP contribution in [0.15, 0.2) is 18.5 Å². The van der Waals surface area contributed by atoms with Gasteiger partial charge in [-0.2, -0.15) is 5.10 Å². The van der Waals surface area contributed by atoms with Gasteiger partial charge < -0.3 is 15.3 Å². The summed E-state index contributed by atoms with van der Waals surface area (Å²) in [6, 6.07) is 1.69. The van der Waals surface area contributed by atoms with Gasteiger partial charge in [-0.1, -0.05) is 6.92 Å². The van der Waals surface area contributed by atoms with Crippen LogP contribution in [-0.4, -0.2) is 51.4 Å². The van der Waals surface area contributed by atoms with Gasteiger partial charge in [0.2, 0.25) is 0 Å². The first kappa shape index (κ1) is 13.4.